The number of rotatable bonds is 8. The molecule has 4 rings (SSSR count). The number of benzene rings is 1. The molecule has 1 fully saturated rings. The summed E-state index contributed by atoms with van der Waals surface area (Å²) in [7, 11) is 0. The zero-order valence-electron chi connectivity index (χ0n) is 17.2. The highest BCUT2D eigenvalue weighted by atomic mass is 79.9. The van der Waals surface area contributed by atoms with E-state index in [9.17, 15) is 0 Å². The van der Waals surface area contributed by atoms with Gasteiger partial charge in [-0.15, -0.1) is 0 Å². The third-order valence-corrected chi connectivity index (χ3v) is 6.32. The minimum Gasteiger partial charge on any atom is -0.370 e. The molecule has 1 saturated heterocycles. The zero-order chi connectivity index (χ0) is 20.1. The number of hydrogen-bond acceptors (Lipinski definition) is 4. The van der Waals surface area contributed by atoms with Gasteiger partial charge in [0.1, 0.15) is 5.82 Å². The minimum atomic E-state index is 0.846. The molecule has 0 unspecified atom stereocenters. The number of likely N-dealkylation sites (tertiary alicyclic amines) is 1. The number of nitrogens with one attached hydrogen (secondary N) is 1. The van der Waals surface area contributed by atoms with Crippen molar-refractivity contribution in [3.8, 4) is 11.3 Å². The van der Waals surface area contributed by atoms with E-state index in [0.717, 1.165) is 33.7 Å². The molecule has 6 heteroatoms. The Morgan fingerprint density at radius 3 is 2.72 bits per heavy atom. The van der Waals surface area contributed by atoms with E-state index in [-0.39, 0.29) is 0 Å². The molecule has 0 radical (unpaired) electrons. The van der Waals surface area contributed by atoms with Gasteiger partial charge in [-0.3, -0.25) is 0 Å². The van der Waals surface area contributed by atoms with Crippen LogP contribution in [0, 0.1) is 6.92 Å². The van der Waals surface area contributed by atoms with Crippen LogP contribution in [0.4, 0.5) is 5.82 Å². The van der Waals surface area contributed by atoms with Crippen LogP contribution in [-0.4, -0.2) is 45.7 Å². The SMILES string of the molecule is Cc1ccccc1-c1cc(NCCCCCN2CCCCC2)n2ncc(Br)c2n1. The topological polar surface area (TPSA) is 45.5 Å². The van der Waals surface area contributed by atoms with Crippen molar-refractivity contribution in [1.82, 2.24) is 19.5 Å². The lowest BCUT2D eigenvalue weighted by Crippen LogP contribution is -2.30. The number of nitrogens with zero attached hydrogens (tertiary/aromatic N) is 4. The summed E-state index contributed by atoms with van der Waals surface area (Å²) in [5, 5.41) is 8.08. The first kappa shape index (κ1) is 20.4. The van der Waals surface area contributed by atoms with Crippen LogP contribution in [0.1, 0.15) is 44.1 Å². The molecule has 3 heterocycles. The Bertz CT molecular complexity index is 946. The number of aryl methyl sites for hydroxylation is 1. The molecular weight excluding hydrogens is 426 g/mol. The summed E-state index contributed by atoms with van der Waals surface area (Å²) in [5.74, 6) is 0.995. The Morgan fingerprint density at radius 1 is 1.07 bits per heavy atom. The molecule has 0 spiro atoms. The third kappa shape index (κ3) is 4.98. The molecule has 0 atom stereocenters. The van der Waals surface area contributed by atoms with Crippen molar-refractivity contribution in [3.63, 3.8) is 0 Å². The van der Waals surface area contributed by atoms with E-state index in [1.165, 1.54) is 63.7 Å². The van der Waals surface area contributed by atoms with Gasteiger partial charge < -0.3 is 10.2 Å². The number of halogens is 1. The van der Waals surface area contributed by atoms with Crippen LogP contribution in [-0.2, 0) is 0 Å². The first-order valence-corrected chi connectivity index (χ1v) is 11.6. The number of hydrogen-bond donors (Lipinski definition) is 1. The average Bonchev–Trinajstić information content (AvgIpc) is 3.12. The van der Waals surface area contributed by atoms with Crippen LogP contribution in [0.2, 0.25) is 0 Å². The predicted molar refractivity (Wildman–Crippen MR) is 123 cm³/mol. The molecule has 0 saturated carbocycles. The average molecular weight is 456 g/mol. The highest BCUT2D eigenvalue weighted by Crippen LogP contribution is 2.27. The standard InChI is InChI=1S/C23H30BrN5/c1-18-10-4-5-11-19(18)21-16-22(29-23(27-21)20(24)17-26-29)25-12-6-2-7-13-28-14-8-3-9-15-28/h4-5,10-11,16-17,25H,2-3,6-9,12-15H2,1H3. The second-order valence-electron chi connectivity index (χ2n) is 7.96. The van der Waals surface area contributed by atoms with Gasteiger partial charge in [-0.05, 0) is 73.7 Å². The molecule has 154 valence electrons. The van der Waals surface area contributed by atoms with Crippen LogP contribution in [0.25, 0.3) is 16.9 Å². The van der Waals surface area contributed by atoms with Gasteiger partial charge in [0.15, 0.2) is 5.65 Å². The van der Waals surface area contributed by atoms with Gasteiger partial charge in [-0.2, -0.15) is 9.61 Å². The lowest BCUT2D eigenvalue weighted by Gasteiger charge is -2.26. The highest BCUT2D eigenvalue weighted by molar-refractivity contribution is 9.10. The van der Waals surface area contributed by atoms with Crippen LogP contribution >= 0.6 is 15.9 Å². The number of unbranched alkanes of at least 4 members (excludes halogenated alkanes) is 2. The predicted octanol–water partition coefficient (Wildman–Crippen LogP) is 5.54. The Morgan fingerprint density at radius 2 is 1.90 bits per heavy atom. The van der Waals surface area contributed by atoms with Gasteiger partial charge in [-0.25, -0.2) is 4.98 Å². The monoisotopic (exact) mass is 455 g/mol. The highest BCUT2D eigenvalue weighted by Gasteiger charge is 2.13. The van der Waals surface area contributed by atoms with Crippen LogP contribution in [0.5, 0.6) is 0 Å². The Labute approximate surface area is 181 Å². The second-order valence-corrected chi connectivity index (χ2v) is 8.81. The van der Waals surface area contributed by atoms with Crippen molar-refractivity contribution in [3.05, 3.63) is 46.6 Å². The molecule has 0 bridgehead atoms. The largest absolute Gasteiger partial charge is 0.370 e. The molecule has 2 aromatic heterocycles. The smallest absolute Gasteiger partial charge is 0.172 e. The number of piperidine rings is 1. The second kappa shape index (κ2) is 9.72. The zero-order valence-corrected chi connectivity index (χ0v) is 18.8. The van der Waals surface area contributed by atoms with Gasteiger partial charge >= 0.3 is 0 Å². The molecule has 0 aliphatic carbocycles. The molecule has 0 amide bonds. The fourth-order valence-corrected chi connectivity index (χ4v) is 4.45. The van der Waals surface area contributed by atoms with Crippen molar-refractivity contribution in [2.24, 2.45) is 0 Å². The van der Waals surface area contributed by atoms with E-state index in [2.05, 4.69) is 68.5 Å². The van der Waals surface area contributed by atoms with E-state index < -0.39 is 0 Å². The quantitative estimate of drug-likeness (QED) is 0.453. The van der Waals surface area contributed by atoms with E-state index in [4.69, 9.17) is 4.98 Å². The molecule has 1 aliphatic heterocycles. The molecule has 3 aromatic rings. The van der Waals surface area contributed by atoms with Crippen molar-refractivity contribution in [2.75, 3.05) is 31.5 Å². The van der Waals surface area contributed by atoms with Gasteiger partial charge in [0.25, 0.3) is 0 Å². The molecule has 5 nitrogen and oxygen atoms in total. The number of fused-ring (bicyclic) bond motifs is 1. The summed E-state index contributed by atoms with van der Waals surface area (Å²) in [4.78, 5) is 7.47. The first-order valence-electron chi connectivity index (χ1n) is 10.8. The minimum absolute atomic E-state index is 0.846. The van der Waals surface area contributed by atoms with Crippen molar-refractivity contribution in [1.29, 1.82) is 0 Å². The summed E-state index contributed by atoms with van der Waals surface area (Å²) in [6.45, 7) is 6.92. The third-order valence-electron chi connectivity index (χ3n) is 5.76. The van der Waals surface area contributed by atoms with E-state index >= 15 is 0 Å². The van der Waals surface area contributed by atoms with Crippen molar-refractivity contribution >= 4 is 27.4 Å². The van der Waals surface area contributed by atoms with Crippen molar-refractivity contribution in [2.45, 2.75) is 45.4 Å². The summed E-state index contributed by atoms with van der Waals surface area (Å²) in [5.41, 5.74) is 4.21. The van der Waals surface area contributed by atoms with Gasteiger partial charge in [-0.1, -0.05) is 37.1 Å². The summed E-state index contributed by atoms with van der Waals surface area (Å²) in [6.07, 6.45) is 9.69. The van der Waals surface area contributed by atoms with Gasteiger partial charge in [0.05, 0.1) is 16.4 Å². The molecule has 1 aliphatic rings. The number of aromatic nitrogens is 3. The Balaban J connectivity index is 1.39. The van der Waals surface area contributed by atoms with Crippen LogP contribution in [0.15, 0.2) is 41.0 Å². The van der Waals surface area contributed by atoms with Gasteiger partial charge in [0.2, 0.25) is 0 Å². The fourth-order valence-electron chi connectivity index (χ4n) is 4.10. The molecule has 1 N–H and O–H groups in total. The van der Waals surface area contributed by atoms with Crippen LogP contribution < -0.4 is 5.32 Å². The summed E-state index contributed by atoms with van der Waals surface area (Å²) >= 11 is 3.59. The fraction of sp³-hybridized carbons (Fsp3) is 0.478. The molecule has 29 heavy (non-hydrogen) atoms. The molecular formula is C23H30BrN5. The van der Waals surface area contributed by atoms with E-state index in [1.807, 2.05) is 10.7 Å². The maximum Gasteiger partial charge on any atom is 0.172 e. The number of anilines is 1. The van der Waals surface area contributed by atoms with Crippen molar-refractivity contribution < 1.29 is 0 Å². The Hall–Kier alpha value is -1.92. The van der Waals surface area contributed by atoms with E-state index in [1.54, 1.807) is 0 Å². The lowest BCUT2D eigenvalue weighted by molar-refractivity contribution is 0.224. The van der Waals surface area contributed by atoms with Crippen LogP contribution in [0.3, 0.4) is 0 Å². The van der Waals surface area contributed by atoms with E-state index in [0.29, 0.717) is 0 Å². The molecule has 1 aromatic carbocycles. The summed E-state index contributed by atoms with van der Waals surface area (Å²) < 4.78 is 2.80. The first-order chi connectivity index (χ1) is 14.2. The Kier molecular flexibility index (Phi) is 6.82. The van der Waals surface area contributed by atoms with Gasteiger partial charge in [0, 0.05) is 18.2 Å². The maximum atomic E-state index is 4.84. The summed E-state index contributed by atoms with van der Waals surface area (Å²) in [6, 6.07) is 10.5. The maximum absolute atomic E-state index is 4.84. The lowest BCUT2D eigenvalue weighted by atomic mass is 10.1. The normalized spacial score (nSPS) is 15.1.